The maximum atomic E-state index is 11.7. The number of nitrogens with zero attached hydrogens (tertiary/aromatic N) is 3. The summed E-state index contributed by atoms with van der Waals surface area (Å²) in [6, 6.07) is 0. The quantitative estimate of drug-likeness (QED) is 0.769. The Hall–Kier alpha value is -1.19. The van der Waals surface area contributed by atoms with E-state index in [0.717, 1.165) is 25.1 Å². The molecule has 0 aromatic carbocycles. The van der Waals surface area contributed by atoms with Gasteiger partial charge in [-0.25, -0.2) is 0 Å². The number of hydrogen-bond donors (Lipinski definition) is 0. The average molecular weight is 223 g/mol. The number of rotatable bonds is 5. The zero-order chi connectivity index (χ0) is 12.2. The van der Waals surface area contributed by atoms with E-state index in [1.807, 2.05) is 31.6 Å². The van der Waals surface area contributed by atoms with E-state index >= 15 is 0 Å². The molecule has 4 nitrogen and oxygen atoms in total. The topological polar surface area (TPSA) is 47.8 Å². The summed E-state index contributed by atoms with van der Waals surface area (Å²) in [7, 11) is 0. The summed E-state index contributed by atoms with van der Waals surface area (Å²) in [6.45, 7) is 8.70. The summed E-state index contributed by atoms with van der Waals surface area (Å²) in [5.41, 5.74) is 0.777. The highest BCUT2D eigenvalue weighted by Gasteiger charge is 2.20. The lowest BCUT2D eigenvalue weighted by Crippen LogP contribution is -2.20. The molecule has 0 aliphatic heterocycles. The van der Waals surface area contributed by atoms with E-state index in [2.05, 4.69) is 17.2 Å². The van der Waals surface area contributed by atoms with Crippen molar-refractivity contribution in [2.75, 3.05) is 0 Å². The Morgan fingerprint density at radius 1 is 1.44 bits per heavy atom. The highest BCUT2D eigenvalue weighted by atomic mass is 16.1. The maximum Gasteiger partial charge on any atom is 0.138 e. The molecule has 0 fully saturated rings. The van der Waals surface area contributed by atoms with Crippen LogP contribution in [0.25, 0.3) is 0 Å². The molecule has 0 aliphatic rings. The Kier molecular flexibility index (Phi) is 4.21. The average Bonchev–Trinajstić information content (AvgIpc) is 2.64. The number of hydrogen-bond acceptors (Lipinski definition) is 3. The third-order valence-electron chi connectivity index (χ3n) is 2.58. The number of ketones is 1. The zero-order valence-corrected chi connectivity index (χ0v) is 10.7. The lowest BCUT2D eigenvalue weighted by Gasteiger charge is -2.15. The van der Waals surface area contributed by atoms with Crippen molar-refractivity contribution in [2.24, 2.45) is 5.41 Å². The van der Waals surface area contributed by atoms with Gasteiger partial charge < -0.3 is 0 Å². The number of aryl methyl sites for hydroxylation is 2. The van der Waals surface area contributed by atoms with E-state index in [-0.39, 0.29) is 5.41 Å². The van der Waals surface area contributed by atoms with Crippen LogP contribution in [0.2, 0.25) is 0 Å². The first-order valence-corrected chi connectivity index (χ1v) is 5.86. The third-order valence-corrected chi connectivity index (χ3v) is 2.58. The Morgan fingerprint density at radius 3 is 2.62 bits per heavy atom. The molecule has 1 aromatic rings. The molecule has 1 aromatic heterocycles. The molecular weight excluding hydrogens is 202 g/mol. The monoisotopic (exact) mass is 223 g/mol. The molecule has 0 aliphatic carbocycles. The van der Waals surface area contributed by atoms with Gasteiger partial charge in [-0.2, -0.15) is 0 Å². The minimum atomic E-state index is -0.225. The third kappa shape index (κ3) is 3.76. The van der Waals surface area contributed by atoms with Gasteiger partial charge in [-0.15, -0.1) is 5.10 Å². The molecule has 1 rings (SSSR count). The van der Waals surface area contributed by atoms with Gasteiger partial charge in [0.15, 0.2) is 0 Å². The van der Waals surface area contributed by atoms with Gasteiger partial charge in [0.05, 0.1) is 5.69 Å². The number of Topliss-reactive ketones (excluding diaryl/α,β-unsaturated/α-hetero) is 1. The van der Waals surface area contributed by atoms with Crippen LogP contribution in [0.5, 0.6) is 0 Å². The fourth-order valence-electron chi connectivity index (χ4n) is 1.39. The van der Waals surface area contributed by atoms with Crippen LogP contribution in [0.3, 0.4) is 0 Å². The molecule has 0 saturated carbocycles. The van der Waals surface area contributed by atoms with E-state index in [9.17, 15) is 4.79 Å². The van der Waals surface area contributed by atoms with Crippen LogP contribution in [0.4, 0.5) is 0 Å². The standard InChI is InChI=1S/C12H21N3O/c1-5-10-9-15(14-13-10)8-6-7-11(16)12(2,3)4/h9H,5-8H2,1-4H3. The molecule has 4 heteroatoms. The smallest absolute Gasteiger partial charge is 0.138 e. The largest absolute Gasteiger partial charge is 0.299 e. The summed E-state index contributed by atoms with van der Waals surface area (Å²) in [5, 5.41) is 8.01. The predicted molar refractivity (Wildman–Crippen MR) is 63.1 cm³/mol. The van der Waals surface area contributed by atoms with Crippen LogP contribution < -0.4 is 0 Å². The fraction of sp³-hybridized carbons (Fsp3) is 0.750. The predicted octanol–water partition coefficient (Wildman–Crippen LogP) is 2.24. The summed E-state index contributed by atoms with van der Waals surface area (Å²) in [4.78, 5) is 11.7. The van der Waals surface area contributed by atoms with Crippen molar-refractivity contribution < 1.29 is 4.79 Å². The Labute approximate surface area is 97.0 Å². The van der Waals surface area contributed by atoms with E-state index in [1.54, 1.807) is 0 Å². The van der Waals surface area contributed by atoms with Crippen molar-refractivity contribution in [1.29, 1.82) is 0 Å². The molecule has 0 amide bonds. The second-order valence-corrected chi connectivity index (χ2v) is 5.10. The van der Waals surface area contributed by atoms with Crippen molar-refractivity contribution in [1.82, 2.24) is 15.0 Å². The van der Waals surface area contributed by atoms with Gasteiger partial charge in [-0.1, -0.05) is 32.9 Å². The summed E-state index contributed by atoms with van der Waals surface area (Å²) in [5.74, 6) is 0.309. The molecule has 0 atom stereocenters. The van der Waals surface area contributed by atoms with Crippen LogP contribution in [0.15, 0.2) is 6.20 Å². The zero-order valence-electron chi connectivity index (χ0n) is 10.7. The molecule has 0 radical (unpaired) electrons. The number of aromatic nitrogens is 3. The van der Waals surface area contributed by atoms with Gasteiger partial charge in [-0.3, -0.25) is 9.48 Å². The summed E-state index contributed by atoms with van der Waals surface area (Å²) >= 11 is 0. The van der Waals surface area contributed by atoms with Gasteiger partial charge in [0, 0.05) is 24.6 Å². The first-order chi connectivity index (χ1) is 7.43. The number of carbonyl (C=O) groups is 1. The minimum Gasteiger partial charge on any atom is -0.299 e. The van der Waals surface area contributed by atoms with E-state index in [4.69, 9.17) is 0 Å². The van der Waals surface area contributed by atoms with E-state index in [0.29, 0.717) is 12.2 Å². The van der Waals surface area contributed by atoms with Gasteiger partial charge in [-0.05, 0) is 12.8 Å². The molecule has 0 N–H and O–H groups in total. The van der Waals surface area contributed by atoms with Gasteiger partial charge in [0.1, 0.15) is 5.78 Å². The molecule has 0 unspecified atom stereocenters. The van der Waals surface area contributed by atoms with Crippen LogP contribution in [0.1, 0.15) is 46.2 Å². The van der Waals surface area contributed by atoms with E-state index < -0.39 is 0 Å². The van der Waals surface area contributed by atoms with Crippen molar-refractivity contribution in [2.45, 2.75) is 53.5 Å². The van der Waals surface area contributed by atoms with Gasteiger partial charge in [0.2, 0.25) is 0 Å². The van der Waals surface area contributed by atoms with Crippen LogP contribution >= 0.6 is 0 Å². The Bertz CT molecular complexity index is 349. The lowest BCUT2D eigenvalue weighted by molar-refractivity contribution is -0.126. The molecular formula is C12H21N3O. The summed E-state index contributed by atoms with van der Waals surface area (Å²) < 4.78 is 1.81. The highest BCUT2D eigenvalue weighted by molar-refractivity contribution is 5.83. The summed E-state index contributed by atoms with van der Waals surface area (Å²) in [6.07, 6.45) is 4.30. The van der Waals surface area contributed by atoms with Crippen LogP contribution in [0, 0.1) is 5.41 Å². The molecule has 1 heterocycles. The van der Waals surface area contributed by atoms with Gasteiger partial charge in [0.25, 0.3) is 0 Å². The highest BCUT2D eigenvalue weighted by Crippen LogP contribution is 2.17. The van der Waals surface area contributed by atoms with Crippen LogP contribution in [-0.2, 0) is 17.8 Å². The molecule has 0 saturated heterocycles. The van der Waals surface area contributed by atoms with E-state index in [1.165, 1.54) is 0 Å². The van der Waals surface area contributed by atoms with Crippen molar-refractivity contribution in [3.63, 3.8) is 0 Å². The minimum absolute atomic E-state index is 0.225. The van der Waals surface area contributed by atoms with Crippen molar-refractivity contribution >= 4 is 5.78 Å². The number of carbonyl (C=O) groups excluding carboxylic acids is 1. The molecule has 16 heavy (non-hydrogen) atoms. The lowest BCUT2D eigenvalue weighted by atomic mass is 9.88. The van der Waals surface area contributed by atoms with Gasteiger partial charge >= 0.3 is 0 Å². The SMILES string of the molecule is CCc1cn(CCCC(=O)C(C)(C)C)nn1. The normalized spacial score (nSPS) is 11.8. The maximum absolute atomic E-state index is 11.7. The second-order valence-electron chi connectivity index (χ2n) is 5.10. The second kappa shape index (κ2) is 5.23. The Morgan fingerprint density at radius 2 is 2.12 bits per heavy atom. The molecule has 90 valence electrons. The van der Waals surface area contributed by atoms with Crippen LogP contribution in [-0.4, -0.2) is 20.8 Å². The molecule has 0 spiro atoms. The molecule has 0 bridgehead atoms. The Balaban J connectivity index is 2.33. The van der Waals surface area contributed by atoms with Crippen molar-refractivity contribution in [3.05, 3.63) is 11.9 Å². The van der Waals surface area contributed by atoms with Crippen molar-refractivity contribution in [3.8, 4) is 0 Å². The first-order valence-electron chi connectivity index (χ1n) is 5.86. The first kappa shape index (κ1) is 12.9. The fourth-order valence-corrected chi connectivity index (χ4v) is 1.39.